The molecule has 0 saturated carbocycles. The molecule has 0 spiro atoms. The van der Waals surface area contributed by atoms with E-state index in [1.54, 1.807) is 42.5 Å². The van der Waals surface area contributed by atoms with Crippen molar-refractivity contribution < 1.29 is 9.53 Å². The highest BCUT2D eigenvalue weighted by atomic mass is 35.5. The number of nitriles is 1. The van der Waals surface area contributed by atoms with Crippen LogP contribution < -0.4 is 10.1 Å². The summed E-state index contributed by atoms with van der Waals surface area (Å²) in [7, 11) is 0. The van der Waals surface area contributed by atoms with Gasteiger partial charge >= 0.3 is 0 Å². The predicted molar refractivity (Wildman–Crippen MR) is 130 cm³/mol. The molecule has 0 aliphatic carbocycles. The van der Waals surface area contributed by atoms with Gasteiger partial charge in [0.2, 0.25) is 0 Å². The predicted octanol–water partition coefficient (Wildman–Crippen LogP) is 7.39. The molecule has 1 N–H and O–H groups in total. The maximum Gasteiger partial charge on any atom is 0.266 e. The fraction of sp³-hybridized carbons (Fsp3) is 0.120. The summed E-state index contributed by atoms with van der Waals surface area (Å²) in [6.45, 7) is 4.16. The summed E-state index contributed by atoms with van der Waals surface area (Å²) in [5.41, 5.74) is 3.93. The van der Waals surface area contributed by atoms with Crippen molar-refractivity contribution in [3.63, 3.8) is 0 Å². The van der Waals surface area contributed by atoms with Crippen LogP contribution in [0, 0.1) is 25.2 Å². The lowest BCUT2D eigenvalue weighted by Crippen LogP contribution is -2.13. The summed E-state index contributed by atoms with van der Waals surface area (Å²) in [6.07, 6.45) is 1.55. The van der Waals surface area contributed by atoms with Gasteiger partial charge in [-0.2, -0.15) is 5.26 Å². The number of nitrogens with one attached hydrogen (secondary N) is 1. The van der Waals surface area contributed by atoms with Crippen LogP contribution in [0.5, 0.6) is 5.75 Å². The molecular weight excluding hydrogens is 467 g/mol. The van der Waals surface area contributed by atoms with E-state index in [1.807, 2.05) is 38.1 Å². The van der Waals surface area contributed by atoms with Crippen molar-refractivity contribution in [1.29, 1.82) is 5.26 Å². The number of carbonyl (C=O) groups is 1. The van der Waals surface area contributed by atoms with E-state index in [4.69, 9.17) is 39.5 Å². The van der Waals surface area contributed by atoms with Gasteiger partial charge in [-0.05, 0) is 90.7 Å². The molecule has 32 heavy (non-hydrogen) atoms. The summed E-state index contributed by atoms with van der Waals surface area (Å²) in [5.74, 6) is 0.238. The van der Waals surface area contributed by atoms with Gasteiger partial charge in [0.25, 0.3) is 5.91 Å². The molecule has 1 amide bonds. The first-order chi connectivity index (χ1) is 15.3. The van der Waals surface area contributed by atoms with Gasteiger partial charge in [-0.15, -0.1) is 0 Å². The standard InChI is InChI=1S/C25H19Cl3N2O2/c1-15-9-18(11-19(13-29)25(31)30-21-6-4-20(26)5-7-21)10-16(2)24(15)32-14-17-3-8-22(27)23(28)12-17/h3-12H,14H2,1-2H3,(H,30,31)/b19-11+. The van der Waals surface area contributed by atoms with Gasteiger partial charge in [-0.25, -0.2) is 0 Å². The minimum absolute atomic E-state index is 0.0109. The van der Waals surface area contributed by atoms with Crippen LogP contribution in [0.4, 0.5) is 5.69 Å². The van der Waals surface area contributed by atoms with Crippen molar-refractivity contribution in [2.24, 2.45) is 0 Å². The highest BCUT2D eigenvalue weighted by Crippen LogP contribution is 2.28. The van der Waals surface area contributed by atoms with E-state index in [9.17, 15) is 10.1 Å². The zero-order valence-corrected chi connectivity index (χ0v) is 19.6. The second-order valence-corrected chi connectivity index (χ2v) is 8.40. The average Bonchev–Trinajstić information content (AvgIpc) is 2.75. The lowest BCUT2D eigenvalue weighted by molar-refractivity contribution is -0.112. The van der Waals surface area contributed by atoms with E-state index in [0.29, 0.717) is 27.4 Å². The van der Waals surface area contributed by atoms with E-state index in [2.05, 4.69) is 5.32 Å². The van der Waals surface area contributed by atoms with E-state index in [1.165, 1.54) is 0 Å². The molecule has 162 valence electrons. The third kappa shape index (κ3) is 6.05. The number of benzene rings is 3. The normalized spacial score (nSPS) is 11.1. The quantitative estimate of drug-likeness (QED) is 0.292. The van der Waals surface area contributed by atoms with Crippen molar-refractivity contribution in [1.82, 2.24) is 0 Å². The molecule has 3 aromatic rings. The van der Waals surface area contributed by atoms with E-state index < -0.39 is 5.91 Å². The Kier molecular flexibility index (Phi) is 7.82. The number of nitrogens with zero attached hydrogens (tertiary/aromatic N) is 1. The fourth-order valence-electron chi connectivity index (χ4n) is 3.13. The molecule has 0 fully saturated rings. The van der Waals surface area contributed by atoms with Crippen LogP contribution in [0.15, 0.2) is 60.2 Å². The van der Waals surface area contributed by atoms with Gasteiger partial charge in [-0.3, -0.25) is 4.79 Å². The Morgan fingerprint density at radius 3 is 2.25 bits per heavy atom. The Morgan fingerprint density at radius 2 is 1.66 bits per heavy atom. The maximum absolute atomic E-state index is 12.5. The van der Waals surface area contributed by atoms with Crippen molar-refractivity contribution in [2.45, 2.75) is 20.5 Å². The number of hydrogen-bond acceptors (Lipinski definition) is 3. The van der Waals surface area contributed by atoms with E-state index >= 15 is 0 Å². The van der Waals surface area contributed by atoms with Gasteiger partial charge < -0.3 is 10.1 Å². The third-order valence-electron chi connectivity index (χ3n) is 4.63. The molecule has 0 saturated heterocycles. The molecule has 0 aliphatic rings. The van der Waals surface area contributed by atoms with Crippen LogP contribution in [-0.4, -0.2) is 5.91 Å². The number of aryl methyl sites for hydroxylation is 2. The monoisotopic (exact) mass is 484 g/mol. The molecule has 4 nitrogen and oxygen atoms in total. The summed E-state index contributed by atoms with van der Waals surface area (Å²) in [6, 6.07) is 17.7. The Labute approximate surface area is 202 Å². The molecule has 3 aromatic carbocycles. The number of ether oxygens (including phenoxy) is 1. The second kappa shape index (κ2) is 10.6. The molecule has 0 radical (unpaired) electrons. The summed E-state index contributed by atoms with van der Waals surface area (Å²) in [5, 5.41) is 13.7. The zero-order chi connectivity index (χ0) is 23.3. The first-order valence-corrected chi connectivity index (χ1v) is 10.8. The van der Waals surface area contributed by atoms with Gasteiger partial charge in [0.1, 0.15) is 24.0 Å². The third-order valence-corrected chi connectivity index (χ3v) is 5.62. The van der Waals surface area contributed by atoms with Crippen molar-refractivity contribution in [3.8, 4) is 11.8 Å². The lowest BCUT2D eigenvalue weighted by atomic mass is 10.0. The molecular formula is C25H19Cl3N2O2. The van der Waals surface area contributed by atoms with Crippen LogP contribution in [0.2, 0.25) is 15.1 Å². The fourth-order valence-corrected chi connectivity index (χ4v) is 3.57. The number of rotatable bonds is 6. The largest absolute Gasteiger partial charge is 0.488 e. The minimum Gasteiger partial charge on any atom is -0.488 e. The molecule has 3 rings (SSSR count). The lowest BCUT2D eigenvalue weighted by Gasteiger charge is -2.14. The Bertz CT molecular complexity index is 1210. The highest BCUT2D eigenvalue weighted by molar-refractivity contribution is 6.42. The SMILES string of the molecule is Cc1cc(/C=C(\C#N)C(=O)Nc2ccc(Cl)cc2)cc(C)c1OCc1ccc(Cl)c(Cl)c1. The molecule has 7 heteroatoms. The summed E-state index contributed by atoms with van der Waals surface area (Å²) in [4.78, 5) is 12.5. The van der Waals surface area contributed by atoms with Gasteiger partial charge in [0, 0.05) is 10.7 Å². The van der Waals surface area contributed by atoms with Crippen molar-refractivity contribution in [2.75, 3.05) is 5.32 Å². The zero-order valence-electron chi connectivity index (χ0n) is 17.4. The van der Waals surface area contributed by atoms with Crippen LogP contribution in [-0.2, 0) is 11.4 Å². The Morgan fingerprint density at radius 1 is 1.00 bits per heavy atom. The molecule has 0 aliphatic heterocycles. The smallest absolute Gasteiger partial charge is 0.266 e. The summed E-state index contributed by atoms with van der Waals surface area (Å²) < 4.78 is 5.99. The number of anilines is 1. The number of halogens is 3. The molecule has 0 bridgehead atoms. The van der Waals surface area contributed by atoms with E-state index in [-0.39, 0.29) is 5.57 Å². The number of amides is 1. The van der Waals surface area contributed by atoms with Gasteiger partial charge in [-0.1, -0.05) is 40.9 Å². The molecule has 0 unspecified atom stereocenters. The number of hydrogen-bond donors (Lipinski definition) is 1. The van der Waals surface area contributed by atoms with Crippen molar-refractivity contribution in [3.05, 3.63) is 97.5 Å². The second-order valence-electron chi connectivity index (χ2n) is 7.15. The first-order valence-electron chi connectivity index (χ1n) is 9.63. The van der Waals surface area contributed by atoms with E-state index in [0.717, 1.165) is 28.0 Å². The van der Waals surface area contributed by atoms with Crippen LogP contribution in [0.25, 0.3) is 6.08 Å². The summed E-state index contributed by atoms with van der Waals surface area (Å²) >= 11 is 17.9. The maximum atomic E-state index is 12.5. The number of carbonyl (C=O) groups excluding carboxylic acids is 1. The molecule has 0 atom stereocenters. The van der Waals surface area contributed by atoms with Gasteiger partial charge in [0.05, 0.1) is 10.0 Å². The first kappa shape index (κ1) is 23.7. The molecule has 0 aromatic heterocycles. The topological polar surface area (TPSA) is 62.1 Å². The highest BCUT2D eigenvalue weighted by Gasteiger charge is 2.12. The Balaban J connectivity index is 1.76. The minimum atomic E-state index is -0.495. The van der Waals surface area contributed by atoms with Crippen LogP contribution in [0.1, 0.15) is 22.3 Å². The van der Waals surface area contributed by atoms with Crippen LogP contribution in [0.3, 0.4) is 0 Å². The van der Waals surface area contributed by atoms with Gasteiger partial charge in [0.15, 0.2) is 0 Å². The molecule has 0 heterocycles. The Hall–Kier alpha value is -2.97. The average molecular weight is 486 g/mol. The van der Waals surface area contributed by atoms with Crippen LogP contribution >= 0.6 is 34.8 Å². The van der Waals surface area contributed by atoms with Crippen molar-refractivity contribution >= 4 is 52.5 Å².